The van der Waals surface area contributed by atoms with Crippen molar-refractivity contribution in [3.63, 3.8) is 0 Å². The third kappa shape index (κ3) is 4.31. The second-order valence-electron chi connectivity index (χ2n) is 5.83. The summed E-state index contributed by atoms with van der Waals surface area (Å²) in [5, 5.41) is 12.2. The molecule has 0 spiro atoms. The van der Waals surface area contributed by atoms with Crippen LogP contribution in [0.15, 0.2) is 18.7 Å². The molecule has 2 rings (SSSR count). The lowest BCUT2D eigenvalue weighted by Gasteiger charge is -2.22. The minimum absolute atomic E-state index is 0.115. The van der Waals surface area contributed by atoms with Crippen molar-refractivity contribution in [2.75, 3.05) is 6.54 Å². The Kier molecular flexibility index (Phi) is 5.36. The SMILES string of the molecule is O=C(CC1(C(=O)O)CCCC1)NCCCCn1ccnc1. The maximum atomic E-state index is 11.9. The van der Waals surface area contributed by atoms with E-state index in [2.05, 4.69) is 10.3 Å². The number of aryl methyl sites for hydroxylation is 1. The molecule has 2 N–H and O–H groups in total. The number of hydrogen-bond donors (Lipinski definition) is 2. The average molecular weight is 293 g/mol. The van der Waals surface area contributed by atoms with E-state index in [1.807, 2.05) is 10.8 Å². The van der Waals surface area contributed by atoms with Crippen LogP contribution in [0.4, 0.5) is 0 Å². The molecule has 1 saturated carbocycles. The van der Waals surface area contributed by atoms with Crippen LogP contribution in [0, 0.1) is 5.41 Å². The highest BCUT2D eigenvalue weighted by Gasteiger charge is 2.42. The number of aromatic nitrogens is 2. The molecule has 1 aromatic rings. The van der Waals surface area contributed by atoms with Gasteiger partial charge in [0.05, 0.1) is 11.7 Å². The lowest BCUT2D eigenvalue weighted by Crippen LogP contribution is -2.36. The van der Waals surface area contributed by atoms with Gasteiger partial charge < -0.3 is 15.0 Å². The van der Waals surface area contributed by atoms with Crippen LogP contribution in [0.25, 0.3) is 0 Å². The Balaban J connectivity index is 1.64. The fraction of sp³-hybridized carbons (Fsp3) is 0.667. The van der Waals surface area contributed by atoms with Gasteiger partial charge in [0.25, 0.3) is 0 Å². The summed E-state index contributed by atoms with van der Waals surface area (Å²) in [4.78, 5) is 27.3. The van der Waals surface area contributed by atoms with E-state index in [9.17, 15) is 14.7 Å². The molecule has 1 heterocycles. The summed E-state index contributed by atoms with van der Waals surface area (Å²) in [6.07, 6.45) is 10.4. The van der Waals surface area contributed by atoms with Gasteiger partial charge in [-0.25, -0.2) is 4.98 Å². The first-order valence-electron chi connectivity index (χ1n) is 7.58. The van der Waals surface area contributed by atoms with E-state index < -0.39 is 11.4 Å². The van der Waals surface area contributed by atoms with Crippen LogP contribution < -0.4 is 5.32 Å². The fourth-order valence-electron chi connectivity index (χ4n) is 2.95. The second kappa shape index (κ2) is 7.24. The molecule has 21 heavy (non-hydrogen) atoms. The molecular weight excluding hydrogens is 270 g/mol. The molecule has 116 valence electrons. The predicted octanol–water partition coefficient (Wildman–Crippen LogP) is 1.81. The molecular formula is C15H23N3O3. The average Bonchev–Trinajstić information content (AvgIpc) is 3.10. The van der Waals surface area contributed by atoms with E-state index in [1.165, 1.54) is 0 Å². The van der Waals surface area contributed by atoms with E-state index in [1.54, 1.807) is 12.5 Å². The van der Waals surface area contributed by atoms with E-state index in [-0.39, 0.29) is 12.3 Å². The minimum atomic E-state index is -0.824. The molecule has 0 radical (unpaired) electrons. The molecule has 6 heteroatoms. The number of aliphatic carboxylic acids is 1. The van der Waals surface area contributed by atoms with Crippen molar-refractivity contribution in [3.8, 4) is 0 Å². The van der Waals surface area contributed by atoms with Crippen molar-refractivity contribution in [2.45, 2.75) is 51.5 Å². The number of carboxylic acids is 1. The van der Waals surface area contributed by atoms with E-state index in [4.69, 9.17) is 0 Å². The van der Waals surface area contributed by atoms with Crippen LogP contribution in [0.3, 0.4) is 0 Å². The van der Waals surface area contributed by atoms with Gasteiger partial charge in [-0.2, -0.15) is 0 Å². The lowest BCUT2D eigenvalue weighted by atomic mass is 9.82. The van der Waals surface area contributed by atoms with E-state index in [0.29, 0.717) is 19.4 Å². The van der Waals surface area contributed by atoms with Crippen LogP contribution in [0.1, 0.15) is 44.9 Å². The van der Waals surface area contributed by atoms with Gasteiger partial charge in [-0.15, -0.1) is 0 Å². The molecule has 0 aromatic carbocycles. The van der Waals surface area contributed by atoms with Crippen molar-refractivity contribution in [3.05, 3.63) is 18.7 Å². The molecule has 1 aliphatic carbocycles. The number of nitrogens with one attached hydrogen (secondary N) is 1. The van der Waals surface area contributed by atoms with Gasteiger partial charge in [0.15, 0.2) is 0 Å². The van der Waals surface area contributed by atoms with Crippen LogP contribution in [-0.2, 0) is 16.1 Å². The van der Waals surface area contributed by atoms with Crippen molar-refractivity contribution in [1.29, 1.82) is 0 Å². The van der Waals surface area contributed by atoms with Gasteiger partial charge in [-0.3, -0.25) is 9.59 Å². The number of carboxylic acid groups (broad SMARTS) is 1. The summed E-state index contributed by atoms with van der Waals surface area (Å²) in [7, 11) is 0. The van der Waals surface area contributed by atoms with Crippen molar-refractivity contribution in [2.24, 2.45) is 5.41 Å². The summed E-state index contributed by atoms with van der Waals surface area (Å²) in [6.45, 7) is 1.48. The van der Waals surface area contributed by atoms with Crippen molar-refractivity contribution < 1.29 is 14.7 Å². The number of carbonyl (C=O) groups is 2. The highest BCUT2D eigenvalue weighted by atomic mass is 16.4. The number of nitrogens with zero attached hydrogens (tertiary/aromatic N) is 2. The summed E-state index contributed by atoms with van der Waals surface area (Å²) < 4.78 is 2.00. The Bertz CT molecular complexity index is 465. The van der Waals surface area contributed by atoms with Gasteiger partial charge in [0.1, 0.15) is 0 Å². The number of carbonyl (C=O) groups excluding carboxylic acids is 1. The molecule has 1 aromatic heterocycles. The Morgan fingerprint density at radius 3 is 2.67 bits per heavy atom. The fourth-order valence-corrected chi connectivity index (χ4v) is 2.95. The lowest BCUT2D eigenvalue weighted by molar-refractivity contribution is -0.151. The van der Waals surface area contributed by atoms with Crippen LogP contribution >= 0.6 is 0 Å². The molecule has 0 unspecified atom stereocenters. The number of hydrogen-bond acceptors (Lipinski definition) is 3. The minimum Gasteiger partial charge on any atom is -0.481 e. The molecule has 6 nitrogen and oxygen atoms in total. The molecule has 1 amide bonds. The topological polar surface area (TPSA) is 84.2 Å². The standard InChI is InChI=1S/C15H23N3O3/c19-13(11-15(14(20)21)5-1-2-6-15)17-7-3-4-9-18-10-8-16-12-18/h8,10,12H,1-7,9,11H2,(H,17,19)(H,20,21). The zero-order valence-electron chi connectivity index (χ0n) is 12.3. The number of amides is 1. The molecule has 1 aliphatic rings. The summed E-state index contributed by atoms with van der Waals surface area (Å²) in [6, 6.07) is 0. The Hall–Kier alpha value is -1.85. The number of unbranched alkanes of at least 4 members (excludes halogenated alkanes) is 1. The van der Waals surface area contributed by atoms with Crippen LogP contribution in [0.2, 0.25) is 0 Å². The first-order valence-corrected chi connectivity index (χ1v) is 7.58. The highest BCUT2D eigenvalue weighted by Crippen LogP contribution is 2.41. The monoisotopic (exact) mass is 293 g/mol. The largest absolute Gasteiger partial charge is 0.481 e. The van der Waals surface area contributed by atoms with E-state index in [0.717, 1.165) is 32.2 Å². The number of imidazole rings is 1. The maximum absolute atomic E-state index is 11.9. The summed E-state index contributed by atoms with van der Waals surface area (Å²) in [5.41, 5.74) is -0.819. The van der Waals surface area contributed by atoms with Gasteiger partial charge in [0.2, 0.25) is 5.91 Å². The first kappa shape index (κ1) is 15.5. The highest BCUT2D eigenvalue weighted by molar-refractivity contribution is 5.85. The normalized spacial score (nSPS) is 16.8. The van der Waals surface area contributed by atoms with Gasteiger partial charge in [-0.1, -0.05) is 12.8 Å². The Morgan fingerprint density at radius 2 is 2.05 bits per heavy atom. The quantitative estimate of drug-likeness (QED) is 0.716. The van der Waals surface area contributed by atoms with Crippen LogP contribution in [0.5, 0.6) is 0 Å². The van der Waals surface area contributed by atoms with Crippen molar-refractivity contribution in [1.82, 2.24) is 14.9 Å². The summed E-state index contributed by atoms with van der Waals surface area (Å²) in [5.74, 6) is -0.961. The van der Waals surface area contributed by atoms with Crippen LogP contribution in [-0.4, -0.2) is 33.1 Å². The third-order valence-corrected chi connectivity index (χ3v) is 4.24. The second-order valence-corrected chi connectivity index (χ2v) is 5.83. The molecule has 0 atom stereocenters. The Labute approximate surface area is 124 Å². The van der Waals surface area contributed by atoms with Gasteiger partial charge in [-0.05, 0) is 25.7 Å². The molecule has 0 aliphatic heterocycles. The Morgan fingerprint density at radius 1 is 1.29 bits per heavy atom. The smallest absolute Gasteiger partial charge is 0.310 e. The third-order valence-electron chi connectivity index (χ3n) is 4.24. The zero-order chi connectivity index (χ0) is 15.1. The predicted molar refractivity (Wildman–Crippen MR) is 77.6 cm³/mol. The maximum Gasteiger partial charge on any atom is 0.310 e. The summed E-state index contributed by atoms with van der Waals surface area (Å²) >= 11 is 0. The zero-order valence-corrected chi connectivity index (χ0v) is 12.3. The van der Waals surface area contributed by atoms with Crippen molar-refractivity contribution >= 4 is 11.9 Å². The number of rotatable bonds is 8. The molecule has 0 saturated heterocycles. The molecule has 0 bridgehead atoms. The first-order chi connectivity index (χ1) is 10.1. The van der Waals surface area contributed by atoms with E-state index >= 15 is 0 Å². The molecule has 1 fully saturated rings. The van der Waals surface area contributed by atoms with Gasteiger partial charge >= 0.3 is 5.97 Å². The van der Waals surface area contributed by atoms with Gasteiger partial charge in [0, 0.05) is 31.9 Å².